The molecule has 0 spiro atoms. The van der Waals surface area contributed by atoms with E-state index >= 15 is 0 Å². The second-order valence-corrected chi connectivity index (χ2v) is 8.00. The Morgan fingerprint density at radius 1 is 1.15 bits per heavy atom. The second kappa shape index (κ2) is 7.18. The van der Waals surface area contributed by atoms with Crippen molar-refractivity contribution in [2.45, 2.75) is 4.90 Å². The number of carbonyl (C=O) groups is 1. The SMILES string of the molecule is O=C(O)c1cccc(N2CCN(S(=O)(=O)c3ccc(F)c(Cl)c3)CC2)n1. The van der Waals surface area contributed by atoms with Crippen LogP contribution in [0.25, 0.3) is 0 Å². The lowest BCUT2D eigenvalue weighted by atomic mass is 10.3. The minimum Gasteiger partial charge on any atom is -0.477 e. The largest absolute Gasteiger partial charge is 0.477 e. The number of rotatable bonds is 4. The highest BCUT2D eigenvalue weighted by molar-refractivity contribution is 7.89. The smallest absolute Gasteiger partial charge is 0.354 e. The number of anilines is 1. The summed E-state index contributed by atoms with van der Waals surface area (Å²) in [6.07, 6.45) is 0. The lowest BCUT2D eigenvalue weighted by Gasteiger charge is -2.34. The van der Waals surface area contributed by atoms with Crippen LogP contribution in [-0.4, -0.2) is 55.0 Å². The minimum absolute atomic E-state index is 0.0663. The van der Waals surface area contributed by atoms with Gasteiger partial charge in [-0.25, -0.2) is 22.6 Å². The average Bonchev–Trinajstić information content (AvgIpc) is 2.64. The Morgan fingerprint density at radius 3 is 2.46 bits per heavy atom. The maximum atomic E-state index is 13.3. The van der Waals surface area contributed by atoms with Crippen LogP contribution < -0.4 is 4.90 Å². The van der Waals surface area contributed by atoms with Gasteiger partial charge in [0.05, 0.1) is 9.92 Å². The molecule has 7 nitrogen and oxygen atoms in total. The van der Waals surface area contributed by atoms with Gasteiger partial charge in [0.25, 0.3) is 0 Å². The third-order valence-electron chi connectivity index (χ3n) is 4.04. The van der Waals surface area contributed by atoms with Gasteiger partial charge in [-0.3, -0.25) is 0 Å². The normalized spacial score (nSPS) is 15.8. The molecule has 0 bridgehead atoms. The molecule has 2 heterocycles. The molecule has 26 heavy (non-hydrogen) atoms. The topological polar surface area (TPSA) is 90.8 Å². The third-order valence-corrected chi connectivity index (χ3v) is 6.23. The first-order valence-corrected chi connectivity index (χ1v) is 9.51. The Hall–Kier alpha value is -2.23. The summed E-state index contributed by atoms with van der Waals surface area (Å²) in [5.74, 6) is -1.33. The van der Waals surface area contributed by atoms with Crippen molar-refractivity contribution in [1.82, 2.24) is 9.29 Å². The molecule has 0 radical (unpaired) electrons. The first-order valence-electron chi connectivity index (χ1n) is 7.69. The number of hydrogen-bond donors (Lipinski definition) is 1. The van der Waals surface area contributed by atoms with Crippen LogP contribution in [0.3, 0.4) is 0 Å². The first kappa shape index (κ1) is 18.6. The van der Waals surface area contributed by atoms with Crippen molar-refractivity contribution < 1.29 is 22.7 Å². The Balaban J connectivity index is 1.74. The number of carboxylic acids is 1. The van der Waals surface area contributed by atoms with Crippen molar-refractivity contribution in [3.63, 3.8) is 0 Å². The van der Waals surface area contributed by atoms with E-state index in [1.807, 2.05) is 4.90 Å². The fraction of sp³-hybridized carbons (Fsp3) is 0.250. The van der Waals surface area contributed by atoms with Crippen LogP contribution in [0.5, 0.6) is 0 Å². The number of nitrogens with zero attached hydrogens (tertiary/aromatic N) is 3. The van der Waals surface area contributed by atoms with Gasteiger partial charge in [-0.15, -0.1) is 0 Å². The molecule has 0 aliphatic carbocycles. The van der Waals surface area contributed by atoms with E-state index in [0.29, 0.717) is 18.9 Å². The molecule has 1 aliphatic rings. The number of aromatic carboxylic acids is 1. The quantitative estimate of drug-likeness (QED) is 0.846. The lowest BCUT2D eigenvalue weighted by molar-refractivity contribution is 0.0690. The van der Waals surface area contributed by atoms with Crippen LogP contribution in [-0.2, 0) is 10.0 Å². The van der Waals surface area contributed by atoms with Gasteiger partial charge >= 0.3 is 5.97 Å². The van der Waals surface area contributed by atoms with E-state index in [1.54, 1.807) is 12.1 Å². The van der Waals surface area contributed by atoms with Crippen LogP contribution in [0.2, 0.25) is 5.02 Å². The highest BCUT2D eigenvalue weighted by Crippen LogP contribution is 2.24. The van der Waals surface area contributed by atoms with E-state index in [-0.39, 0.29) is 28.7 Å². The van der Waals surface area contributed by atoms with Gasteiger partial charge in [0.15, 0.2) is 5.69 Å². The van der Waals surface area contributed by atoms with Crippen molar-refractivity contribution in [1.29, 1.82) is 0 Å². The van der Waals surface area contributed by atoms with Crippen LogP contribution >= 0.6 is 11.6 Å². The molecule has 1 saturated heterocycles. The molecular weight excluding hydrogens is 385 g/mol. The van der Waals surface area contributed by atoms with Gasteiger partial charge in [-0.1, -0.05) is 17.7 Å². The molecule has 1 fully saturated rings. The van der Waals surface area contributed by atoms with Gasteiger partial charge in [0, 0.05) is 26.2 Å². The van der Waals surface area contributed by atoms with Gasteiger partial charge in [-0.2, -0.15) is 4.31 Å². The zero-order valence-corrected chi connectivity index (χ0v) is 15.0. The molecule has 1 aromatic heterocycles. The van der Waals surface area contributed by atoms with E-state index in [4.69, 9.17) is 16.7 Å². The number of pyridine rings is 1. The predicted molar refractivity (Wildman–Crippen MR) is 93.6 cm³/mol. The highest BCUT2D eigenvalue weighted by atomic mass is 35.5. The Morgan fingerprint density at radius 2 is 1.85 bits per heavy atom. The highest BCUT2D eigenvalue weighted by Gasteiger charge is 2.29. The lowest BCUT2D eigenvalue weighted by Crippen LogP contribution is -2.49. The summed E-state index contributed by atoms with van der Waals surface area (Å²) < 4.78 is 39.9. The van der Waals surface area contributed by atoms with E-state index in [9.17, 15) is 17.6 Å². The Bertz CT molecular complexity index is 946. The number of sulfonamides is 1. The molecule has 0 saturated carbocycles. The van der Waals surface area contributed by atoms with Gasteiger partial charge in [0.1, 0.15) is 11.6 Å². The van der Waals surface area contributed by atoms with E-state index < -0.39 is 21.8 Å². The van der Waals surface area contributed by atoms with Crippen LogP contribution in [0, 0.1) is 5.82 Å². The molecule has 1 N–H and O–H groups in total. The van der Waals surface area contributed by atoms with Crippen molar-refractivity contribution in [3.05, 3.63) is 52.9 Å². The maximum Gasteiger partial charge on any atom is 0.354 e. The molecule has 0 atom stereocenters. The number of carboxylic acid groups (broad SMARTS) is 1. The molecule has 138 valence electrons. The van der Waals surface area contributed by atoms with Crippen LogP contribution in [0.4, 0.5) is 10.2 Å². The summed E-state index contributed by atoms with van der Waals surface area (Å²) in [7, 11) is -3.79. The number of benzene rings is 1. The van der Waals surface area contributed by atoms with Crippen molar-refractivity contribution in [3.8, 4) is 0 Å². The zero-order chi connectivity index (χ0) is 18.9. The number of halogens is 2. The van der Waals surface area contributed by atoms with Crippen LogP contribution in [0.1, 0.15) is 10.5 Å². The Kier molecular flexibility index (Phi) is 5.12. The second-order valence-electron chi connectivity index (χ2n) is 5.65. The summed E-state index contributed by atoms with van der Waals surface area (Å²) in [4.78, 5) is 16.8. The summed E-state index contributed by atoms with van der Waals surface area (Å²) in [6.45, 7) is 1.08. The number of aromatic nitrogens is 1. The number of piperazine rings is 1. The fourth-order valence-corrected chi connectivity index (χ4v) is 4.36. The number of hydrogen-bond acceptors (Lipinski definition) is 5. The monoisotopic (exact) mass is 399 g/mol. The molecule has 0 unspecified atom stereocenters. The fourth-order valence-electron chi connectivity index (χ4n) is 2.66. The first-order chi connectivity index (χ1) is 12.3. The third kappa shape index (κ3) is 3.64. The zero-order valence-electron chi connectivity index (χ0n) is 13.5. The standard InChI is InChI=1S/C16H15ClFN3O4S/c17-12-10-11(4-5-13(12)18)26(24,25)21-8-6-20(7-9-21)15-3-1-2-14(19-15)16(22)23/h1-5,10H,6-9H2,(H,22,23). The molecule has 3 rings (SSSR count). The molecular formula is C16H15ClFN3O4S. The van der Waals surface area contributed by atoms with Gasteiger partial charge in [0.2, 0.25) is 10.0 Å². The van der Waals surface area contributed by atoms with Crippen molar-refractivity contribution in [2.24, 2.45) is 0 Å². The summed E-state index contributed by atoms with van der Waals surface area (Å²) in [5.41, 5.74) is -0.0708. The maximum absolute atomic E-state index is 13.3. The molecule has 2 aromatic rings. The predicted octanol–water partition coefficient (Wildman–Crippen LogP) is 2.08. The average molecular weight is 400 g/mol. The van der Waals surface area contributed by atoms with Gasteiger partial charge in [-0.05, 0) is 30.3 Å². The summed E-state index contributed by atoms with van der Waals surface area (Å²) in [5, 5.41) is 8.77. The van der Waals surface area contributed by atoms with Crippen molar-refractivity contribution >= 4 is 33.4 Å². The van der Waals surface area contributed by atoms with E-state index in [1.165, 1.54) is 16.4 Å². The van der Waals surface area contributed by atoms with E-state index in [2.05, 4.69) is 4.98 Å². The molecule has 1 aromatic carbocycles. The van der Waals surface area contributed by atoms with Gasteiger partial charge < -0.3 is 10.0 Å². The molecule has 1 aliphatic heterocycles. The van der Waals surface area contributed by atoms with Crippen molar-refractivity contribution in [2.75, 3.05) is 31.1 Å². The summed E-state index contributed by atoms with van der Waals surface area (Å²) >= 11 is 5.68. The van der Waals surface area contributed by atoms with E-state index in [0.717, 1.165) is 12.1 Å². The van der Waals surface area contributed by atoms with Crippen LogP contribution in [0.15, 0.2) is 41.3 Å². The molecule has 10 heteroatoms. The minimum atomic E-state index is -3.79. The summed E-state index contributed by atoms with van der Waals surface area (Å²) in [6, 6.07) is 7.96. The molecule has 0 amide bonds. The Labute approximate surface area is 154 Å².